The third-order valence-electron chi connectivity index (χ3n) is 4.26. The summed E-state index contributed by atoms with van der Waals surface area (Å²) in [4.78, 5) is 23.9. The molecule has 23 heavy (non-hydrogen) atoms. The highest BCUT2D eigenvalue weighted by atomic mass is 35.5. The van der Waals surface area contributed by atoms with E-state index in [-0.39, 0.29) is 12.3 Å². The standard InChI is InChI=1S/C16H20ClNO5/c1-22-12-8-11(13(23-2)7-10(12)17)18-14(19)9-16(15(20)21)5-3-4-6-16/h7-8H,3-6,9H2,1-2H3,(H,18,19)(H,20,21). The van der Waals surface area contributed by atoms with E-state index in [4.69, 9.17) is 21.1 Å². The van der Waals surface area contributed by atoms with Gasteiger partial charge in [-0.2, -0.15) is 0 Å². The first-order chi connectivity index (χ1) is 10.9. The van der Waals surface area contributed by atoms with Crippen molar-refractivity contribution in [2.24, 2.45) is 5.41 Å². The van der Waals surface area contributed by atoms with E-state index in [0.717, 1.165) is 12.8 Å². The van der Waals surface area contributed by atoms with Crippen LogP contribution in [0.2, 0.25) is 5.02 Å². The van der Waals surface area contributed by atoms with Crippen LogP contribution in [0.3, 0.4) is 0 Å². The Morgan fingerprint density at radius 2 is 1.83 bits per heavy atom. The molecule has 1 aliphatic rings. The Hall–Kier alpha value is -1.95. The van der Waals surface area contributed by atoms with Gasteiger partial charge in [0, 0.05) is 18.6 Å². The minimum absolute atomic E-state index is 0.0591. The minimum Gasteiger partial charge on any atom is -0.495 e. The Morgan fingerprint density at radius 1 is 1.22 bits per heavy atom. The second kappa shape index (κ2) is 7.08. The number of aliphatic carboxylic acids is 1. The summed E-state index contributed by atoms with van der Waals surface area (Å²) < 4.78 is 10.3. The molecule has 1 aromatic rings. The molecule has 1 aliphatic carbocycles. The van der Waals surface area contributed by atoms with Crippen molar-refractivity contribution in [3.05, 3.63) is 17.2 Å². The molecule has 7 heteroatoms. The van der Waals surface area contributed by atoms with Crippen LogP contribution < -0.4 is 14.8 Å². The van der Waals surface area contributed by atoms with Gasteiger partial charge >= 0.3 is 5.97 Å². The lowest BCUT2D eigenvalue weighted by Gasteiger charge is -2.23. The number of rotatable bonds is 6. The van der Waals surface area contributed by atoms with Gasteiger partial charge in [0.1, 0.15) is 11.5 Å². The van der Waals surface area contributed by atoms with E-state index in [1.165, 1.54) is 14.2 Å². The van der Waals surface area contributed by atoms with Crippen LogP contribution in [0.5, 0.6) is 11.5 Å². The molecule has 1 amide bonds. The summed E-state index contributed by atoms with van der Waals surface area (Å²) in [6.07, 6.45) is 2.65. The van der Waals surface area contributed by atoms with Crippen molar-refractivity contribution in [3.63, 3.8) is 0 Å². The number of methoxy groups -OCH3 is 2. The zero-order chi connectivity index (χ0) is 17.0. The number of amides is 1. The summed E-state index contributed by atoms with van der Waals surface area (Å²) in [6, 6.07) is 3.10. The smallest absolute Gasteiger partial charge is 0.310 e. The van der Waals surface area contributed by atoms with E-state index >= 15 is 0 Å². The molecule has 0 spiro atoms. The topological polar surface area (TPSA) is 84.9 Å². The monoisotopic (exact) mass is 341 g/mol. The summed E-state index contributed by atoms with van der Waals surface area (Å²) in [7, 11) is 2.93. The molecule has 6 nitrogen and oxygen atoms in total. The van der Waals surface area contributed by atoms with Gasteiger partial charge in [-0.15, -0.1) is 0 Å². The van der Waals surface area contributed by atoms with Crippen LogP contribution in [-0.4, -0.2) is 31.2 Å². The molecular formula is C16H20ClNO5. The van der Waals surface area contributed by atoms with E-state index in [0.29, 0.717) is 35.1 Å². The van der Waals surface area contributed by atoms with Crippen molar-refractivity contribution in [1.29, 1.82) is 0 Å². The summed E-state index contributed by atoms with van der Waals surface area (Å²) in [5.41, 5.74) is -0.564. The average molecular weight is 342 g/mol. The number of nitrogens with one attached hydrogen (secondary N) is 1. The Bertz CT molecular complexity index is 611. The maximum Gasteiger partial charge on any atom is 0.310 e. The second-order valence-corrected chi connectivity index (χ2v) is 6.11. The van der Waals surface area contributed by atoms with Crippen molar-refractivity contribution in [1.82, 2.24) is 0 Å². The van der Waals surface area contributed by atoms with Gasteiger partial charge in [0.2, 0.25) is 5.91 Å². The first-order valence-electron chi connectivity index (χ1n) is 7.36. The quantitative estimate of drug-likeness (QED) is 0.829. The molecule has 0 atom stereocenters. The molecule has 126 valence electrons. The van der Waals surface area contributed by atoms with Gasteiger partial charge in [-0.05, 0) is 12.8 Å². The highest BCUT2D eigenvalue weighted by Gasteiger charge is 2.43. The number of hydrogen-bond donors (Lipinski definition) is 2. The normalized spacial score (nSPS) is 16.0. The van der Waals surface area contributed by atoms with E-state index in [1.54, 1.807) is 12.1 Å². The van der Waals surface area contributed by atoms with E-state index in [9.17, 15) is 14.7 Å². The number of carboxylic acid groups (broad SMARTS) is 1. The van der Waals surface area contributed by atoms with E-state index < -0.39 is 11.4 Å². The molecule has 0 radical (unpaired) electrons. The first-order valence-corrected chi connectivity index (χ1v) is 7.74. The molecule has 0 heterocycles. The van der Waals surface area contributed by atoms with Crippen molar-refractivity contribution in [2.75, 3.05) is 19.5 Å². The minimum atomic E-state index is -0.964. The van der Waals surface area contributed by atoms with Gasteiger partial charge in [0.05, 0.1) is 30.3 Å². The van der Waals surface area contributed by atoms with Gasteiger partial charge in [-0.25, -0.2) is 0 Å². The van der Waals surface area contributed by atoms with Crippen molar-refractivity contribution >= 4 is 29.2 Å². The van der Waals surface area contributed by atoms with Crippen molar-refractivity contribution in [2.45, 2.75) is 32.1 Å². The van der Waals surface area contributed by atoms with Gasteiger partial charge in [0.25, 0.3) is 0 Å². The number of ether oxygens (including phenoxy) is 2. The highest BCUT2D eigenvalue weighted by molar-refractivity contribution is 6.32. The lowest BCUT2D eigenvalue weighted by atomic mass is 9.82. The van der Waals surface area contributed by atoms with Gasteiger partial charge in [-0.3, -0.25) is 9.59 Å². The fourth-order valence-corrected chi connectivity index (χ4v) is 3.21. The molecule has 0 bridgehead atoms. The van der Waals surface area contributed by atoms with E-state index in [1.807, 2.05) is 0 Å². The fraction of sp³-hybridized carbons (Fsp3) is 0.500. The zero-order valence-electron chi connectivity index (χ0n) is 13.1. The molecule has 0 saturated heterocycles. The van der Waals surface area contributed by atoms with Gasteiger partial charge in [-0.1, -0.05) is 24.4 Å². The molecule has 0 unspecified atom stereocenters. The number of benzene rings is 1. The van der Waals surface area contributed by atoms with Crippen LogP contribution in [0.25, 0.3) is 0 Å². The lowest BCUT2D eigenvalue weighted by Crippen LogP contribution is -2.32. The maximum absolute atomic E-state index is 12.3. The molecule has 1 aromatic carbocycles. The zero-order valence-corrected chi connectivity index (χ0v) is 13.9. The van der Waals surface area contributed by atoms with Gasteiger partial charge < -0.3 is 19.9 Å². The average Bonchev–Trinajstić information content (AvgIpc) is 2.98. The molecule has 0 aromatic heterocycles. The third-order valence-corrected chi connectivity index (χ3v) is 4.56. The number of hydrogen-bond acceptors (Lipinski definition) is 4. The molecular weight excluding hydrogens is 322 g/mol. The highest BCUT2D eigenvalue weighted by Crippen LogP contribution is 2.42. The molecule has 1 fully saturated rings. The van der Waals surface area contributed by atoms with Crippen LogP contribution >= 0.6 is 11.6 Å². The lowest BCUT2D eigenvalue weighted by molar-refractivity contribution is -0.150. The SMILES string of the molecule is COc1cc(NC(=O)CC2(C(=O)O)CCCC2)c(OC)cc1Cl. The maximum atomic E-state index is 12.3. The number of anilines is 1. The van der Waals surface area contributed by atoms with Crippen LogP contribution in [0.15, 0.2) is 12.1 Å². The Morgan fingerprint density at radius 3 is 2.35 bits per heavy atom. The Balaban J connectivity index is 2.18. The Kier molecular flexibility index (Phi) is 5.36. The summed E-state index contributed by atoms with van der Waals surface area (Å²) >= 11 is 6.02. The number of carbonyl (C=O) groups excluding carboxylic acids is 1. The molecule has 2 N–H and O–H groups in total. The summed E-state index contributed by atoms with van der Waals surface area (Å²) in [5.74, 6) is -0.487. The number of halogens is 1. The van der Waals surface area contributed by atoms with Crippen LogP contribution in [0.1, 0.15) is 32.1 Å². The molecule has 0 aliphatic heterocycles. The largest absolute Gasteiger partial charge is 0.495 e. The molecule has 2 rings (SSSR count). The van der Waals surface area contributed by atoms with E-state index in [2.05, 4.69) is 5.32 Å². The summed E-state index contributed by atoms with van der Waals surface area (Å²) in [6.45, 7) is 0. The first kappa shape index (κ1) is 17.4. The summed E-state index contributed by atoms with van der Waals surface area (Å²) in [5, 5.41) is 12.5. The second-order valence-electron chi connectivity index (χ2n) is 5.70. The van der Waals surface area contributed by atoms with Crippen molar-refractivity contribution in [3.8, 4) is 11.5 Å². The predicted molar refractivity (Wildman–Crippen MR) is 86.3 cm³/mol. The number of carbonyl (C=O) groups is 2. The van der Waals surface area contributed by atoms with Crippen LogP contribution in [0.4, 0.5) is 5.69 Å². The van der Waals surface area contributed by atoms with Crippen LogP contribution in [0, 0.1) is 5.41 Å². The van der Waals surface area contributed by atoms with Crippen molar-refractivity contribution < 1.29 is 24.2 Å². The van der Waals surface area contributed by atoms with Crippen LogP contribution in [-0.2, 0) is 9.59 Å². The Labute approximate surface area is 139 Å². The third kappa shape index (κ3) is 3.69. The van der Waals surface area contributed by atoms with Gasteiger partial charge in [0.15, 0.2) is 0 Å². The fourth-order valence-electron chi connectivity index (χ4n) is 2.98. The number of carboxylic acids is 1. The predicted octanol–water partition coefficient (Wildman–Crippen LogP) is 3.33. The molecule has 1 saturated carbocycles.